The molecule has 0 amide bonds. The largest absolute Gasteiger partial charge is 0.416 e. The number of alkyl halides is 3. The van der Waals surface area contributed by atoms with Crippen LogP contribution in [0.2, 0.25) is 0 Å². The minimum atomic E-state index is -4.45. The molecule has 1 aliphatic heterocycles. The molecule has 1 aromatic rings. The van der Waals surface area contributed by atoms with Crippen molar-refractivity contribution in [2.45, 2.75) is 37.9 Å². The van der Waals surface area contributed by atoms with Crippen LogP contribution in [0, 0.1) is 11.7 Å². The van der Waals surface area contributed by atoms with Gasteiger partial charge in [-0.3, -0.25) is 4.90 Å². The normalized spacial score (nSPS) is 21.5. The Morgan fingerprint density at radius 1 is 1.08 bits per heavy atom. The van der Waals surface area contributed by atoms with Crippen LogP contribution in [0.15, 0.2) is 18.2 Å². The molecule has 1 heterocycles. The van der Waals surface area contributed by atoms with Gasteiger partial charge < -0.3 is 5.32 Å². The monoisotopic (exact) mass is 366 g/mol. The minimum Gasteiger partial charge on any atom is -0.314 e. The standard InChI is InChI=1S/C17H22F4N2.ClH/c18-13-5-6-15(17(19,20)21)14(11-13)16(12-3-1-2-4-12)23-9-7-22-8-10-23;/h5-6,11-12,16,22H,1-4,7-10H2;1H/t16-;/m0./s1. The summed E-state index contributed by atoms with van der Waals surface area (Å²) in [6.07, 6.45) is -0.521. The van der Waals surface area contributed by atoms with Crippen LogP contribution in [-0.4, -0.2) is 31.1 Å². The van der Waals surface area contributed by atoms with E-state index in [-0.39, 0.29) is 29.9 Å². The van der Waals surface area contributed by atoms with Crippen LogP contribution in [0.5, 0.6) is 0 Å². The lowest BCUT2D eigenvalue weighted by molar-refractivity contribution is -0.139. The lowest BCUT2D eigenvalue weighted by Gasteiger charge is -2.39. The Morgan fingerprint density at radius 3 is 2.29 bits per heavy atom. The Hall–Kier alpha value is -0.850. The van der Waals surface area contributed by atoms with E-state index < -0.39 is 17.6 Å². The quantitative estimate of drug-likeness (QED) is 0.797. The first-order valence-corrected chi connectivity index (χ1v) is 8.28. The van der Waals surface area contributed by atoms with Crippen molar-refractivity contribution in [1.29, 1.82) is 0 Å². The average Bonchev–Trinajstić information content (AvgIpc) is 3.01. The first-order chi connectivity index (χ1) is 11.0. The molecule has 1 aliphatic carbocycles. The molecule has 0 spiro atoms. The number of benzene rings is 1. The molecule has 1 saturated heterocycles. The summed E-state index contributed by atoms with van der Waals surface area (Å²) in [6, 6.07) is 2.57. The second-order valence-corrected chi connectivity index (χ2v) is 6.50. The van der Waals surface area contributed by atoms with Crippen molar-refractivity contribution in [3.8, 4) is 0 Å². The van der Waals surface area contributed by atoms with E-state index >= 15 is 0 Å². The molecule has 0 bridgehead atoms. The molecular weight excluding hydrogens is 344 g/mol. The van der Waals surface area contributed by atoms with Crippen molar-refractivity contribution >= 4 is 12.4 Å². The van der Waals surface area contributed by atoms with Crippen LogP contribution in [0.25, 0.3) is 0 Å². The highest BCUT2D eigenvalue weighted by atomic mass is 35.5. The lowest BCUT2D eigenvalue weighted by Crippen LogP contribution is -2.47. The minimum absolute atomic E-state index is 0. The Morgan fingerprint density at radius 2 is 1.71 bits per heavy atom. The van der Waals surface area contributed by atoms with Gasteiger partial charge in [-0.1, -0.05) is 12.8 Å². The summed E-state index contributed by atoms with van der Waals surface area (Å²) < 4.78 is 54.1. The third-order valence-electron chi connectivity index (χ3n) is 5.03. The van der Waals surface area contributed by atoms with Crippen molar-refractivity contribution < 1.29 is 17.6 Å². The highest BCUT2D eigenvalue weighted by Gasteiger charge is 2.40. The second-order valence-electron chi connectivity index (χ2n) is 6.50. The smallest absolute Gasteiger partial charge is 0.314 e. The number of hydrogen-bond acceptors (Lipinski definition) is 2. The lowest BCUT2D eigenvalue weighted by atomic mass is 9.86. The van der Waals surface area contributed by atoms with Gasteiger partial charge in [0, 0.05) is 32.2 Å². The van der Waals surface area contributed by atoms with Crippen LogP contribution >= 0.6 is 12.4 Å². The summed E-state index contributed by atoms with van der Waals surface area (Å²) in [5, 5.41) is 3.23. The van der Waals surface area contributed by atoms with Gasteiger partial charge >= 0.3 is 6.18 Å². The molecule has 7 heteroatoms. The second kappa shape index (κ2) is 8.02. The van der Waals surface area contributed by atoms with Crippen LogP contribution in [0.3, 0.4) is 0 Å². The molecule has 24 heavy (non-hydrogen) atoms. The SMILES string of the molecule is Cl.Fc1ccc(C(F)(F)F)c([C@H](C2CCCC2)N2CCNCC2)c1. The first kappa shape index (κ1) is 19.5. The number of piperazine rings is 1. The van der Waals surface area contributed by atoms with Crippen LogP contribution in [0.4, 0.5) is 17.6 Å². The Balaban J connectivity index is 0.00000208. The highest BCUT2D eigenvalue weighted by molar-refractivity contribution is 5.85. The predicted molar refractivity (Wildman–Crippen MR) is 87.8 cm³/mol. The van der Waals surface area contributed by atoms with Crippen LogP contribution < -0.4 is 5.32 Å². The molecule has 1 saturated carbocycles. The van der Waals surface area contributed by atoms with Gasteiger partial charge in [0.1, 0.15) is 5.82 Å². The van der Waals surface area contributed by atoms with Crippen molar-refractivity contribution in [1.82, 2.24) is 10.2 Å². The van der Waals surface area contributed by atoms with Crippen molar-refractivity contribution in [3.05, 3.63) is 35.1 Å². The van der Waals surface area contributed by atoms with Gasteiger partial charge in [-0.25, -0.2) is 4.39 Å². The summed E-state index contributed by atoms with van der Waals surface area (Å²) in [5.41, 5.74) is -0.569. The summed E-state index contributed by atoms with van der Waals surface area (Å²) in [6.45, 7) is 2.93. The maximum Gasteiger partial charge on any atom is 0.416 e. The Bertz CT molecular complexity index is 538. The van der Waals surface area contributed by atoms with E-state index in [0.717, 1.165) is 57.0 Å². The number of nitrogens with zero attached hydrogens (tertiary/aromatic N) is 1. The number of nitrogens with one attached hydrogen (secondary N) is 1. The molecule has 1 atom stereocenters. The molecule has 2 fully saturated rings. The summed E-state index contributed by atoms with van der Waals surface area (Å²) in [7, 11) is 0. The molecule has 0 aromatic heterocycles. The molecule has 1 aromatic carbocycles. The molecule has 2 aliphatic rings. The van der Waals surface area contributed by atoms with Crippen molar-refractivity contribution in [3.63, 3.8) is 0 Å². The molecule has 1 N–H and O–H groups in total. The van der Waals surface area contributed by atoms with Gasteiger partial charge in [-0.2, -0.15) is 13.2 Å². The van der Waals surface area contributed by atoms with E-state index in [9.17, 15) is 17.6 Å². The summed E-state index contributed by atoms with van der Waals surface area (Å²) in [5.74, 6) is -0.415. The van der Waals surface area contributed by atoms with Gasteiger partial charge in [-0.15, -0.1) is 12.4 Å². The zero-order valence-corrected chi connectivity index (χ0v) is 14.2. The van der Waals surface area contributed by atoms with Gasteiger partial charge in [0.15, 0.2) is 0 Å². The predicted octanol–water partition coefficient (Wildman–Crippen LogP) is 4.40. The van der Waals surface area contributed by atoms with Crippen molar-refractivity contribution in [2.24, 2.45) is 5.92 Å². The number of halogens is 5. The molecule has 3 rings (SSSR count). The van der Waals surface area contributed by atoms with E-state index in [0.29, 0.717) is 13.1 Å². The number of hydrogen-bond donors (Lipinski definition) is 1. The third-order valence-corrected chi connectivity index (χ3v) is 5.03. The molecule has 136 valence electrons. The zero-order chi connectivity index (χ0) is 16.4. The third kappa shape index (κ3) is 4.21. The molecule has 2 nitrogen and oxygen atoms in total. The molecule has 0 radical (unpaired) electrons. The fourth-order valence-electron chi connectivity index (χ4n) is 4.02. The first-order valence-electron chi connectivity index (χ1n) is 8.28. The maximum atomic E-state index is 13.8. The van der Waals surface area contributed by atoms with E-state index in [2.05, 4.69) is 10.2 Å². The van der Waals surface area contributed by atoms with E-state index in [1.165, 1.54) is 0 Å². The van der Waals surface area contributed by atoms with E-state index in [4.69, 9.17) is 0 Å². The fourth-order valence-corrected chi connectivity index (χ4v) is 4.02. The Labute approximate surface area is 146 Å². The van der Waals surface area contributed by atoms with Crippen molar-refractivity contribution in [2.75, 3.05) is 26.2 Å². The summed E-state index contributed by atoms with van der Waals surface area (Å²) >= 11 is 0. The van der Waals surface area contributed by atoms with Crippen LogP contribution in [0.1, 0.15) is 42.9 Å². The highest BCUT2D eigenvalue weighted by Crippen LogP contribution is 2.44. The maximum absolute atomic E-state index is 13.8. The number of rotatable bonds is 3. The van der Waals surface area contributed by atoms with Gasteiger partial charge in [0.25, 0.3) is 0 Å². The van der Waals surface area contributed by atoms with E-state index in [1.54, 1.807) is 0 Å². The topological polar surface area (TPSA) is 15.3 Å². The van der Waals surface area contributed by atoms with Gasteiger partial charge in [0.2, 0.25) is 0 Å². The average molecular weight is 367 g/mol. The molecule has 0 unspecified atom stereocenters. The fraction of sp³-hybridized carbons (Fsp3) is 0.647. The zero-order valence-electron chi connectivity index (χ0n) is 13.4. The molecular formula is C17H23ClF4N2. The van der Waals surface area contributed by atoms with E-state index in [1.807, 2.05) is 0 Å². The van der Waals surface area contributed by atoms with Gasteiger partial charge in [-0.05, 0) is 42.5 Å². The van der Waals surface area contributed by atoms with Crippen LogP contribution in [-0.2, 0) is 6.18 Å². The summed E-state index contributed by atoms with van der Waals surface area (Å²) in [4.78, 5) is 2.11. The van der Waals surface area contributed by atoms with Gasteiger partial charge in [0.05, 0.1) is 5.56 Å². The Kier molecular flexibility index (Phi) is 6.51.